The average Bonchev–Trinajstić information content (AvgIpc) is 2.50. The van der Waals surface area contributed by atoms with E-state index >= 15 is 0 Å². The molecule has 8 heteroatoms. The Morgan fingerprint density at radius 2 is 1.17 bits per heavy atom. The summed E-state index contributed by atoms with van der Waals surface area (Å²) < 4.78 is 9.40. The van der Waals surface area contributed by atoms with Crippen LogP contribution in [0, 0.1) is 10.8 Å². The summed E-state index contributed by atoms with van der Waals surface area (Å²) in [7, 11) is 0. The molecule has 0 amide bonds. The van der Waals surface area contributed by atoms with Crippen molar-refractivity contribution in [2.75, 3.05) is 6.79 Å². The van der Waals surface area contributed by atoms with E-state index in [0.29, 0.717) is 0 Å². The summed E-state index contributed by atoms with van der Waals surface area (Å²) in [5, 5.41) is 20.4. The van der Waals surface area contributed by atoms with Crippen molar-refractivity contribution in [3.63, 3.8) is 0 Å². The van der Waals surface area contributed by atoms with E-state index in [1.54, 1.807) is 0 Å². The lowest BCUT2D eigenvalue weighted by Gasteiger charge is -2.30. The lowest BCUT2D eigenvalue weighted by molar-refractivity contribution is -0.318. The van der Waals surface area contributed by atoms with Crippen LogP contribution >= 0.6 is 0 Å². The predicted molar refractivity (Wildman–Crippen MR) is 75.7 cm³/mol. The van der Waals surface area contributed by atoms with Crippen molar-refractivity contribution < 1.29 is 38.9 Å². The van der Waals surface area contributed by atoms with Gasteiger partial charge in [0.1, 0.15) is 5.41 Å². The minimum atomic E-state index is -1.81. The van der Waals surface area contributed by atoms with E-state index in [1.807, 2.05) is 0 Å². The van der Waals surface area contributed by atoms with Gasteiger partial charge in [-0.1, -0.05) is 27.7 Å². The number of rotatable bonds is 10. The first-order valence-electron chi connectivity index (χ1n) is 7.47. The topological polar surface area (TPSA) is 130 Å². The van der Waals surface area contributed by atoms with Gasteiger partial charge in [-0.25, -0.2) is 0 Å². The molecule has 0 aliphatic heterocycles. The zero-order valence-corrected chi connectivity index (χ0v) is 13.8. The Morgan fingerprint density at radius 3 is 1.43 bits per heavy atom. The molecule has 0 rings (SSSR count). The highest BCUT2D eigenvalue weighted by Crippen LogP contribution is 2.30. The van der Waals surface area contributed by atoms with Crippen LogP contribution in [-0.2, 0) is 28.7 Å². The number of ether oxygens (including phenoxy) is 2. The average molecular weight is 331 g/mol. The molecular formula is C15H23O8-. The number of carbonyl (C=O) groups excluding carboxylic acids is 3. The van der Waals surface area contributed by atoms with Gasteiger partial charge in [0.05, 0.1) is 5.97 Å². The maximum atomic E-state index is 11.9. The molecule has 0 aliphatic carbocycles. The van der Waals surface area contributed by atoms with Crippen molar-refractivity contribution in [2.24, 2.45) is 10.8 Å². The standard InChI is InChI=1S/C15H24O8/c1-5-14(6-2,10(16)17)12(20)22-9-23-13(21)15(7-3,8-4)11(18)19/h5-9H2,1-4H3,(H,16,17)(H,18,19)/p-1. The van der Waals surface area contributed by atoms with Gasteiger partial charge >= 0.3 is 17.9 Å². The molecule has 0 saturated carbocycles. The summed E-state index contributed by atoms with van der Waals surface area (Å²) in [5.41, 5.74) is -3.53. The molecule has 0 bridgehead atoms. The van der Waals surface area contributed by atoms with E-state index in [1.165, 1.54) is 27.7 Å². The van der Waals surface area contributed by atoms with Crippen molar-refractivity contribution in [2.45, 2.75) is 53.4 Å². The Kier molecular flexibility index (Phi) is 7.71. The summed E-state index contributed by atoms with van der Waals surface area (Å²) >= 11 is 0. The zero-order valence-electron chi connectivity index (χ0n) is 13.8. The molecule has 23 heavy (non-hydrogen) atoms. The van der Waals surface area contributed by atoms with Crippen molar-refractivity contribution in [3.8, 4) is 0 Å². The van der Waals surface area contributed by atoms with Gasteiger partial charge in [-0.2, -0.15) is 0 Å². The third kappa shape index (κ3) is 4.00. The van der Waals surface area contributed by atoms with Gasteiger partial charge in [0.2, 0.25) is 6.79 Å². The number of esters is 2. The van der Waals surface area contributed by atoms with Crippen LogP contribution in [0.3, 0.4) is 0 Å². The number of aliphatic carboxylic acids is 2. The number of carboxylic acids is 2. The van der Waals surface area contributed by atoms with Gasteiger partial charge in [0, 0.05) is 0 Å². The van der Waals surface area contributed by atoms with Gasteiger partial charge in [-0.15, -0.1) is 0 Å². The number of hydrogen-bond donors (Lipinski definition) is 1. The van der Waals surface area contributed by atoms with Crippen LogP contribution in [0.5, 0.6) is 0 Å². The Labute approximate surface area is 134 Å². The van der Waals surface area contributed by atoms with Crippen molar-refractivity contribution in [1.29, 1.82) is 0 Å². The van der Waals surface area contributed by atoms with Gasteiger partial charge in [0.25, 0.3) is 0 Å². The minimum absolute atomic E-state index is 0.0124. The SMILES string of the molecule is CCC(CC)(C(=O)[O-])C(=O)OCOC(=O)C(CC)(CC)C(=O)O. The molecule has 0 atom stereocenters. The first-order valence-corrected chi connectivity index (χ1v) is 7.47. The summed E-state index contributed by atoms with van der Waals surface area (Å²) in [5.74, 6) is -5.01. The Bertz CT molecular complexity index is 418. The van der Waals surface area contributed by atoms with Crippen LogP contribution < -0.4 is 5.11 Å². The van der Waals surface area contributed by atoms with E-state index in [2.05, 4.69) is 4.74 Å². The molecule has 0 aliphatic rings. The Hall–Kier alpha value is -2.12. The monoisotopic (exact) mass is 331 g/mol. The maximum Gasteiger partial charge on any atom is 0.326 e. The first-order chi connectivity index (χ1) is 10.7. The smallest absolute Gasteiger partial charge is 0.326 e. The second-order valence-electron chi connectivity index (χ2n) is 5.15. The van der Waals surface area contributed by atoms with Gasteiger partial charge in [0.15, 0.2) is 5.41 Å². The van der Waals surface area contributed by atoms with Crippen LogP contribution in [0.2, 0.25) is 0 Å². The third-order valence-electron chi connectivity index (χ3n) is 4.38. The Morgan fingerprint density at radius 1 is 0.826 bits per heavy atom. The second-order valence-corrected chi connectivity index (χ2v) is 5.15. The van der Waals surface area contributed by atoms with E-state index in [9.17, 15) is 29.4 Å². The van der Waals surface area contributed by atoms with Crippen molar-refractivity contribution in [3.05, 3.63) is 0 Å². The quantitative estimate of drug-likeness (QED) is 0.347. The maximum absolute atomic E-state index is 11.9. The molecule has 0 heterocycles. The molecule has 0 radical (unpaired) electrons. The van der Waals surface area contributed by atoms with Gasteiger partial charge in [-0.05, 0) is 25.7 Å². The molecule has 8 nitrogen and oxygen atoms in total. The van der Waals surface area contributed by atoms with E-state index in [4.69, 9.17) is 4.74 Å². The normalized spacial score (nSPS) is 11.7. The lowest BCUT2D eigenvalue weighted by Crippen LogP contribution is -2.48. The molecule has 0 aromatic carbocycles. The molecule has 0 unspecified atom stereocenters. The van der Waals surface area contributed by atoms with E-state index < -0.39 is 41.5 Å². The summed E-state index contributed by atoms with van der Waals surface area (Å²) in [4.78, 5) is 46.3. The van der Waals surface area contributed by atoms with E-state index in [0.717, 1.165) is 0 Å². The fraction of sp³-hybridized carbons (Fsp3) is 0.733. The predicted octanol–water partition coefficient (Wildman–Crippen LogP) is 0.478. The third-order valence-corrected chi connectivity index (χ3v) is 4.38. The molecular weight excluding hydrogens is 308 g/mol. The zero-order chi connectivity index (χ0) is 18.3. The molecule has 0 spiro atoms. The Balaban J connectivity index is 4.90. The molecule has 0 aromatic rings. The minimum Gasteiger partial charge on any atom is -0.549 e. The molecule has 1 N–H and O–H groups in total. The van der Waals surface area contributed by atoms with Crippen LogP contribution in [0.1, 0.15) is 53.4 Å². The van der Waals surface area contributed by atoms with Crippen LogP contribution in [0.4, 0.5) is 0 Å². The highest BCUT2D eigenvalue weighted by Gasteiger charge is 2.45. The second kappa shape index (κ2) is 8.50. The van der Waals surface area contributed by atoms with Gasteiger partial charge < -0.3 is 24.5 Å². The lowest BCUT2D eigenvalue weighted by atomic mass is 9.82. The van der Waals surface area contributed by atoms with Crippen LogP contribution in [-0.4, -0.2) is 35.8 Å². The first kappa shape index (κ1) is 20.9. The fourth-order valence-electron chi connectivity index (χ4n) is 2.25. The van der Waals surface area contributed by atoms with Crippen molar-refractivity contribution >= 4 is 23.9 Å². The largest absolute Gasteiger partial charge is 0.549 e. The van der Waals surface area contributed by atoms with Gasteiger partial charge in [-0.3, -0.25) is 14.4 Å². The highest BCUT2D eigenvalue weighted by atomic mass is 16.7. The number of hydrogen-bond acceptors (Lipinski definition) is 7. The fourth-order valence-corrected chi connectivity index (χ4v) is 2.25. The molecule has 132 valence electrons. The molecule has 0 fully saturated rings. The van der Waals surface area contributed by atoms with Crippen LogP contribution in [0.15, 0.2) is 0 Å². The highest BCUT2D eigenvalue weighted by molar-refractivity contribution is 5.99. The number of carbonyl (C=O) groups is 4. The number of carboxylic acid groups (broad SMARTS) is 2. The molecule has 0 saturated heterocycles. The summed E-state index contributed by atoms with van der Waals surface area (Å²) in [6.07, 6.45) is -0.0553. The summed E-state index contributed by atoms with van der Waals surface area (Å²) in [6.45, 7) is 5.20. The van der Waals surface area contributed by atoms with Crippen LogP contribution in [0.25, 0.3) is 0 Å². The molecule has 0 aromatic heterocycles. The summed E-state index contributed by atoms with van der Waals surface area (Å²) in [6, 6.07) is 0. The van der Waals surface area contributed by atoms with E-state index in [-0.39, 0.29) is 25.7 Å². The van der Waals surface area contributed by atoms with Crippen molar-refractivity contribution in [1.82, 2.24) is 0 Å².